The SMILES string of the molecule is CC(C(=O)O)C(C)C(=O)N1CCC2CCCC21. The van der Waals surface area contributed by atoms with Crippen LogP contribution in [0.1, 0.15) is 39.5 Å². The van der Waals surface area contributed by atoms with Crippen molar-refractivity contribution in [3.05, 3.63) is 0 Å². The minimum atomic E-state index is -0.881. The number of hydrogen-bond donors (Lipinski definition) is 1. The highest BCUT2D eigenvalue weighted by molar-refractivity contribution is 5.84. The molecule has 1 saturated carbocycles. The van der Waals surface area contributed by atoms with Gasteiger partial charge in [-0.05, 0) is 25.2 Å². The third-order valence-corrected chi connectivity index (χ3v) is 4.57. The molecule has 1 heterocycles. The van der Waals surface area contributed by atoms with Gasteiger partial charge in [0.2, 0.25) is 5.91 Å². The van der Waals surface area contributed by atoms with Crippen molar-refractivity contribution in [3.8, 4) is 0 Å². The number of carboxylic acid groups (broad SMARTS) is 1. The first-order valence-corrected chi connectivity index (χ1v) is 6.55. The van der Waals surface area contributed by atoms with E-state index in [1.54, 1.807) is 13.8 Å². The number of hydrogen-bond acceptors (Lipinski definition) is 2. The zero-order chi connectivity index (χ0) is 12.6. The summed E-state index contributed by atoms with van der Waals surface area (Å²) in [6.07, 6.45) is 4.65. The Morgan fingerprint density at radius 1 is 1.18 bits per heavy atom. The molecule has 0 radical (unpaired) electrons. The summed E-state index contributed by atoms with van der Waals surface area (Å²) in [5.74, 6) is -1.18. The highest BCUT2D eigenvalue weighted by Gasteiger charge is 2.42. The van der Waals surface area contributed by atoms with Crippen LogP contribution in [-0.2, 0) is 9.59 Å². The van der Waals surface area contributed by atoms with E-state index in [1.165, 1.54) is 12.8 Å². The van der Waals surface area contributed by atoms with E-state index in [0.717, 1.165) is 19.4 Å². The molecule has 1 aliphatic carbocycles. The Kier molecular flexibility index (Phi) is 3.40. The molecule has 96 valence electrons. The monoisotopic (exact) mass is 239 g/mol. The van der Waals surface area contributed by atoms with E-state index in [2.05, 4.69) is 0 Å². The van der Waals surface area contributed by atoms with Gasteiger partial charge in [0.15, 0.2) is 0 Å². The molecule has 1 aliphatic heterocycles. The molecule has 0 bridgehead atoms. The number of carbonyl (C=O) groups excluding carboxylic acids is 1. The first-order chi connectivity index (χ1) is 8.02. The highest BCUT2D eigenvalue weighted by Crippen LogP contribution is 2.38. The van der Waals surface area contributed by atoms with Crippen molar-refractivity contribution in [2.75, 3.05) is 6.54 Å². The second-order valence-corrected chi connectivity index (χ2v) is 5.49. The Labute approximate surface area is 102 Å². The van der Waals surface area contributed by atoms with Crippen molar-refractivity contribution in [1.82, 2.24) is 4.90 Å². The zero-order valence-corrected chi connectivity index (χ0v) is 10.6. The zero-order valence-electron chi connectivity index (χ0n) is 10.6. The third-order valence-electron chi connectivity index (χ3n) is 4.57. The molecule has 0 spiro atoms. The average molecular weight is 239 g/mol. The Bertz CT molecular complexity index is 329. The molecule has 2 fully saturated rings. The molecule has 2 rings (SSSR count). The van der Waals surface area contributed by atoms with Gasteiger partial charge in [-0.25, -0.2) is 0 Å². The maximum atomic E-state index is 12.3. The summed E-state index contributed by atoms with van der Waals surface area (Å²) in [5.41, 5.74) is 0. The Morgan fingerprint density at radius 3 is 2.53 bits per heavy atom. The van der Waals surface area contributed by atoms with Crippen molar-refractivity contribution in [2.45, 2.75) is 45.6 Å². The molecule has 17 heavy (non-hydrogen) atoms. The lowest BCUT2D eigenvalue weighted by Gasteiger charge is -2.28. The molecule has 2 aliphatic rings. The molecule has 4 nitrogen and oxygen atoms in total. The number of nitrogens with zero attached hydrogens (tertiary/aromatic N) is 1. The van der Waals surface area contributed by atoms with E-state index in [4.69, 9.17) is 5.11 Å². The topological polar surface area (TPSA) is 57.6 Å². The average Bonchev–Trinajstić information content (AvgIpc) is 2.87. The van der Waals surface area contributed by atoms with E-state index in [1.807, 2.05) is 4.90 Å². The Hall–Kier alpha value is -1.06. The molecule has 4 unspecified atom stereocenters. The van der Waals surface area contributed by atoms with Crippen molar-refractivity contribution in [3.63, 3.8) is 0 Å². The van der Waals surface area contributed by atoms with Crippen LogP contribution in [0.25, 0.3) is 0 Å². The lowest BCUT2D eigenvalue weighted by molar-refractivity contribution is -0.149. The van der Waals surface area contributed by atoms with E-state index in [9.17, 15) is 9.59 Å². The number of fused-ring (bicyclic) bond motifs is 1. The van der Waals surface area contributed by atoms with Crippen LogP contribution in [0, 0.1) is 17.8 Å². The summed E-state index contributed by atoms with van der Waals surface area (Å²) in [6.45, 7) is 4.18. The van der Waals surface area contributed by atoms with Gasteiger partial charge in [-0.3, -0.25) is 9.59 Å². The predicted octanol–water partition coefficient (Wildman–Crippen LogP) is 1.74. The lowest BCUT2D eigenvalue weighted by Crippen LogP contribution is -2.42. The van der Waals surface area contributed by atoms with Crippen LogP contribution in [0.3, 0.4) is 0 Å². The minimum Gasteiger partial charge on any atom is -0.481 e. The maximum absolute atomic E-state index is 12.3. The van der Waals surface area contributed by atoms with Gasteiger partial charge in [0.25, 0.3) is 0 Å². The van der Waals surface area contributed by atoms with E-state index in [0.29, 0.717) is 12.0 Å². The molecule has 4 atom stereocenters. The van der Waals surface area contributed by atoms with Crippen LogP contribution in [0.4, 0.5) is 0 Å². The van der Waals surface area contributed by atoms with Crippen molar-refractivity contribution in [1.29, 1.82) is 0 Å². The molecular weight excluding hydrogens is 218 g/mol. The molecule has 4 heteroatoms. The lowest BCUT2D eigenvalue weighted by atomic mass is 9.94. The van der Waals surface area contributed by atoms with E-state index in [-0.39, 0.29) is 5.91 Å². The van der Waals surface area contributed by atoms with Crippen LogP contribution in [0.15, 0.2) is 0 Å². The highest BCUT2D eigenvalue weighted by atomic mass is 16.4. The number of aliphatic carboxylic acids is 1. The van der Waals surface area contributed by atoms with Gasteiger partial charge in [0, 0.05) is 18.5 Å². The van der Waals surface area contributed by atoms with Gasteiger partial charge < -0.3 is 10.0 Å². The number of carboxylic acids is 1. The molecule has 1 saturated heterocycles. The number of rotatable bonds is 3. The van der Waals surface area contributed by atoms with Gasteiger partial charge in [-0.15, -0.1) is 0 Å². The summed E-state index contributed by atoms with van der Waals surface area (Å²) in [4.78, 5) is 25.2. The molecule has 1 amide bonds. The van der Waals surface area contributed by atoms with Gasteiger partial charge >= 0.3 is 5.97 Å². The largest absolute Gasteiger partial charge is 0.481 e. The standard InChI is InChI=1S/C13H21NO3/c1-8(9(2)13(16)17)12(15)14-7-6-10-4-3-5-11(10)14/h8-11H,3-7H2,1-2H3,(H,16,17). The van der Waals surface area contributed by atoms with Crippen molar-refractivity contribution in [2.24, 2.45) is 17.8 Å². The Balaban J connectivity index is 2.02. The van der Waals surface area contributed by atoms with Crippen molar-refractivity contribution >= 4 is 11.9 Å². The second kappa shape index (κ2) is 4.67. The van der Waals surface area contributed by atoms with Crippen molar-refractivity contribution < 1.29 is 14.7 Å². The fourth-order valence-corrected chi connectivity index (χ4v) is 3.20. The summed E-state index contributed by atoms with van der Waals surface area (Å²) in [5, 5.41) is 8.96. The fraction of sp³-hybridized carbons (Fsp3) is 0.846. The van der Waals surface area contributed by atoms with Gasteiger partial charge in [-0.2, -0.15) is 0 Å². The third kappa shape index (κ3) is 2.17. The first kappa shape index (κ1) is 12.4. The molecule has 0 aromatic rings. The van der Waals surface area contributed by atoms with Crippen LogP contribution in [-0.4, -0.2) is 34.5 Å². The predicted molar refractivity (Wildman–Crippen MR) is 63.4 cm³/mol. The van der Waals surface area contributed by atoms with Gasteiger partial charge in [0.05, 0.1) is 5.92 Å². The maximum Gasteiger partial charge on any atom is 0.307 e. The normalized spacial score (nSPS) is 31.1. The molecule has 1 N–H and O–H groups in total. The minimum absolute atomic E-state index is 0.0364. The summed E-state index contributed by atoms with van der Waals surface area (Å²) >= 11 is 0. The Morgan fingerprint density at radius 2 is 1.88 bits per heavy atom. The van der Waals surface area contributed by atoms with Crippen LogP contribution >= 0.6 is 0 Å². The fourth-order valence-electron chi connectivity index (χ4n) is 3.20. The van der Waals surface area contributed by atoms with Gasteiger partial charge in [0.1, 0.15) is 0 Å². The molecule has 0 aromatic heterocycles. The van der Waals surface area contributed by atoms with Crippen LogP contribution < -0.4 is 0 Å². The molecule has 0 aromatic carbocycles. The quantitative estimate of drug-likeness (QED) is 0.816. The summed E-state index contributed by atoms with van der Waals surface area (Å²) in [6, 6.07) is 0.394. The number of amides is 1. The van der Waals surface area contributed by atoms with E-state index >= 15 is 0 Å². The molecular formula is C13H21NO3. The van der Waals surface area contributed by atoms with E-state index < -0.39 is 17.8 Å². The van der Waals surface area contributed by atoms with Crippen LogP contribution in [0.5, 0.6) is 0 Å². The van der Waals surface area contributed by atoms with Gasteiger partial charge in [-0.1, -0.05) is 20.3 Å². The van der Waals surface area contributed by atoms with Crippen LogP contribution in [0.2, 0.25) is 0 Å². The summed E-state index contributed by atoms with van der Waals surface area (Å²) in [7, 11) is 0. The first-order valence-electron chi connectivity index (χ1n) is 6.55. The number of carbonyl (C=O) groups is 2. The smallest absolute Gasteiger partial charge is 0.307 e. The summed E-state index contributed by atoms with van der Waals surface area (Å²) < 4.78 is 0. The second-order valence-electron chi connectivity index (χ2n) is 5.49. The number of likely N-dealkylation sites (tertiary alicyclic amines) is 1.